The van der Waals surface area contributed by atoms with Crippen LogP contribution in [0.3, 0.4) is 0 Å². The van der Waals surface area contributed by atoms with Gasteiger partial charge in [0.15, 0.2) is 0 Å². The number of thiophene rings is 1. The number of hydrogen-bond donors (Lipinski definition) is 0. The fourth-order valence-corrected chi connectivity index (χ4v) is 0.712. The molecule has 0 aliphatic heterocycles. The van der Waals surface area contributed by atoms with Gasteiger partial charge in [-0.25, -0.2) is 0 Å². The van der Waals surface area contributed by atoms with E-state index >= 15 is 0 Å². The fraction of sp³-hybridized carbons (Fsp3) is 0. The summed E-state index contributed by atoms with van der Waals surface area (Å²) >= 11 is 1.22. The van der Waals surface area contributed by atoms with Crippen LogP contribution in [0.5, 0.6) is 5.06 Å². The SMILES string of the molecule is [K+].[O-]c1cccs1. The molecule has 3 heteroatoms. The molecule has 0 atom stereocenters. The summed E-state index contributed by atoms with van der Waals surface area (Å²) in [6.07, 6.45) is 0. The molecular weight excluding hydrogens is 135 g/mol. The van der Waals surface area contributed by atoms with Gasteiger partial charge in [-0.15, -0.1) is 0 Å². The van der Waals surface area contributed by atoms with Crippen molar-refractivity contribution in [2.45, 2.75) is 0 Å². The third-order valence-corrected chi connectivity index (χ3v) is 1.16. The molecule has 0 N–H and O–H groups in total. The Morgan fingerprint density at radius 3 is 2.43 bits per heavy atom. The van der Waals surface area contributed by atoms with Crippen LogP contribution >= 0.6 is 11.3 Å². The predicted octanol–water partition coefficient (Wildman–Crippen LogP) is -2.17. The van der Waals surface area contributed by atoms with Crippen LogP contribution in [0.4, 0.5) is 0 Å². The van der Waals surface area contributed by atoms with E-state index in [0.717, 1.165) is 0 Å². The maximum absolute atomic E-state index is 10.1. The van der Waals surface area contributed by atoms with Crippen LogP contribution in [0, 0.1) is 0 Å². The second-order valence-corrected chi connectivity index (χ2v) is 1.84. The molecule has 1 nitrogen and oxygen atoms in total. The Morgan fingerprint density at radius 1 is 1.57 bits per heavy atom. The van der Waals surface area contributed by atoms with Crippen LogP contribution < -0.4 is 56.5 Å². The Labute approximate surface area is 88.8 Å². The largest absolute Gasteiger partial charge is 1.00 e. The van der Waals surface area contributed by atoms with Gasteiger partial charge in [0.2, 0.25) is 0 Å². The summed E-state index contributed by atoms with van der Waals surface area (Å²) < 4.78 is 0. The fourth-order valence-electron chi connectivity index (χ4n) is 0.263. The van der Waals surface area contributed by atoms with E-state index < -0.39 is 0 Å². The van der Waals surface area contributed by atoms with E-state index in [1.165, 1.54) is 11.3 Å². The molecule has 0 aliphatic rings. The standard InChI is InChI=1S/C4H4OS.K/c5-4-2-1-3-6-4;/h1-3,5H;/q;+1/p-1. The second kappa shape index (κ2) is 4.06. The monoisotopic (exact) mass is 138 g/mol. The minimum absolute atomic E-state index is 0. The Hall–Kier alpha value is 1.14. The summed E-state index contributed by atoms with van der Waals surface area (Å²) in [5, 5.41) is 12.0. The molecule has 0 spiro atoms. The van der Waals surface area contributed by atoms with Gasteiger partial charge in [-0.1, -0.05) is 17.2 Å². The number of hydrogen-bond acceptors (Lipinski definition) is 2. The van der Waals surface area contributed by atoms with Gasteiger partial charge >= 0.3 is 51.4 Å². The second-order valence-electron chi connectivity index (χ2n) is 0.932. The Bertz CT molecular complexity index is 115. The van der Waals surface area contributed by atoms with Crippen LogP contribution in [0.1, 0.15) is 0 Å². The molecule has 0 radical (unpaired) electrons. The first-order valence-corrected chi connectivity index (χ1v) is 2.48. The predicted molar refractivity (Wildman–Crippen MR) is 23.8 cm³/mol. The molecule has 1 heterocycles. The summed E-state index contributed by atoms with van der Waals surface area (Å²) in [6, 6.07) is 3.29. The quantitative estimate of drug-likeness (QED) is 0.374. The van der Waals surface area contributed by atoms with Gasteiger partial charge in [0.1, 0.15) is 0 Å². The molecule has 0 aliphatic carbocycles. The molecule has 1 aromatic rings. The molecule has 32 valence electrons. The minimum atomic E-state index is 0. The maximum Gasteiger partial charge on any atom is 1.00 e. The normalized spacial score (nSPS) is 7.43. The van der Waals surface area contributed by atoms with Crippen LogP contribution in [0.15, 0.2) is 17.5 Å². The molecule has 0 bridgehead atoms. The first-order chi connectivity index (χ1) is 2.89. The van der Waals surface area contributed by atoms with E-state index in [-0.39, 0.29) is 56.4 Å². The first kappa shape index (κ1) is 8.14. The molecule has 0 fully saturated rings. The van der Waals surface area contributed by atoms with E-state index in [9.17, 15) is 5.11 Å². The van der Waals surface area contributed by atoms with Crippen molar-refractivity contribution < 1.29 is 56.5 Å². The topological polar surface area (TPSA) is 23.1 Å². The molecule has 0 unspecified atom stereocenters. The van der Waals surface area contributed by atoms with E-state index in [1.54, 1.807) is 17.5 Å². The smallest absolute Gasteiger partial charge is 0.865 e. The number of rotatable bonds is 0. The summed E-state index contributed by atoms with van der Waals surface area (Å²) in [5.74, 6) is 0. The molecule has 0 saturated heterocycles. The van der Waals surface area contributed by atoms with Gasteiger partial charge in [0.05, 0.1) is 0 Å². The average Bonchev–Trinajstić information content (AvgIpc) is 1.86. The summed E-state index contributed by atoms with van der Waals surface area (Å²) in [4.78, 5) is 0. The van der Waals surface area contributed by atoms with Crippen molar-refractivity contribution in [3.63, 3.8) is 0 Å². The van der Waals surface area contributed by atoms with E-state index in [4.69, 9.17) is 0 Å². The zero-order valence-electron chi connectivity index (χ0n) is 4.05. The van der Waals surface area contributed by atoms with Crippen LogP contribution in [-0.4, -0.2) is 0 Å². The molecular formula is C4H3KOS. The summed E-state index contributed by atoms with van der Waals surface area (Å²) in [6.45, 7) is 0. The Morgan fingerprint density at radius 2 is 2.29 bits per heavy atom. The van der Waals surface area contributed by atoms with Gasteiger partial charge in [-0.3, -0.25) is 0 Å². The van der Waals surface area contributed by atoms with Crippen LogP contribution in [-0.2, 0) is 0 Å². The van der Waals surface area contributed by atoms with Crippen molar-refractivity contribution in [1.82, 2.24) is 0 Å². The molecule has 1 rings (SSSR count). The van der Waals surface area contributed by atoms with Crippen molar-refractivity contribution in [1.29, 1.82) is 0 Å². The molecule has 7 heavy (non-hydrogen) atoms. The maximum atomic E-state index is 10.1. The molecule has 0 aromatic carbocycles. The van der Waals surface area contributed by atoms with E-state index in [2.05, 4.69) is 0 Å². The van der Waals surface area contributed by atoms with Crippen molar-refractivity contribution in [3.05, 3.63) is 17.5 Å². The third kappa shape index (κ3) is 2.84. The summed E-state index contributed by atoms with van der Waals surface area (Å²) in [7, 11) is 0. The minimum Gasteiger partial charge on any atom is -0.865 e. The van der Waals surface area contributed by atoms with Crippen molar-refractivity contribution in [2.24, 2.45) is 0 Å². The van der Waals surface area contributed by atoms with E-state index in [1.807, 2.05) is 0 Å². The van der Waals surface area contributed by atoms with E-state index in [0.29, 0.717) is 0 Å². The van der Waals surface area contributed by atoms with Crippen molar-refractivity contribution in [3.8, 4) is 5.06 Å². The van der Waals surface area contributed by atoms with Gasteiger partial charge in [-0.2, -0.15) is 11.3 Å². The Balaban J connectivity index is 0.000000360. The van der Waals surface area contributed by atoms with Crippen LogP contribution in [0.25, 0.3) is 0 Å². The average molecular weight is 138 g/mol. The van der Waals surface area contributed by atoms with Crippen molar-refractivity contribution >= 4 is 11.3 Å². The van der Waals surface area contributed by atoms with Gasteiger partial charge in [-0.05, 0) is 5.38 Å². The first-order valence-electron chi connectivity index (χ1n) is 1.60. The van der Waals surface area contributed by atoms with Gasteiger partial charge in [0.25, 0.3) is 0 Å². The molecule has 0 saturated carbocycles. The zero-order chi connectivity index (χ0) is 4.41. The molecule has 0 amide bonds. The third-order valence-electron chi connectivity index (χ3n) is 0.495. The summed E-state index contributed by atoms with van der Waals surface area (Å²) in [5.41, 5.74) is 0. The zero-order valence-corrected chi connectivity index (χ0v) is 7.99. The van der Waals surface area contributed by atoms with Gasteiger partial charge in [0, 0.05) is 0 Å². The molecule has 1 aromatic heterocycles. The Kier molecular flexibility index (Phi) is 4.72. The van der Waals surface area contributed by atoms with Crippen LogP contribution in [0.2, 0.25) is 0 Å². The van der Waals surface area contributed by atoms with Gasteiger partial charge < -0.3 is 5.11 Å². The van der Waals surface area contributed by atoms with Crippen molar-refractivity contribution in [2.75, 3.05) is 0 Å².